The topological polar surface area (TPSA) is 63.2 Å². The Hall–Kier alpha value is -1.07. The third-order valence-electron chi connectivity index (χ3n) is 1.91. The number of rotatable bonds is 3. The van der Waals surface area contributed by atoms with Crippen molar-refractivity contribution in [2.75, 3.05) is 11.6 Å². The first-order chi connectivity index (χ1) is 7.30. The molecule has 1 N–H and O–H groups in total. The molecule has 1 unspecified atom stereocenters. The number of carbonyl (C=O) groups is 1. The lowest BCUT2D eigenvalue weighted by Gasteiger charge is -2.06. The largest absolute Gasteiger partial charge is 0.325 e. The molecule has 1 aromatic carbocycles. The molecule has 0 aliphatic rings. The van der Waals surface area contributed by atoms with Crippen LogP contribution in [-0.4, -0.2) is 26.0 Å². The van der Waals surface area contributed by atoms with E-state index >= 15 is 0 Å². The van der Waals surface area contributed by atoms with E-state index in [1.807, 2.05) is 0 Å². The number of hydrogen-bond donors (Lipinski definition) is 1. The van der Waals surface area contributed by atoms with Crippen LogP contribution >= 0.6 is 11.6 Å². The van der Waals surface area contributed by atoms with Crippen molar-refractivity contribution in [3.63, 3.8) is 0 Å². The van der Waals surface area contributed by atoms with Gasteiger partial charge in [-0.05, 0) is 31.2 Å². The van der Waals surface area contributed by atoms with Gasteiger partial charge >= 0.3 is 0 Å². The van der Waals surface area contributed by atoms with Gasteiger partial charge in [-0.25, -0.2) is 8.42 Å². The lowest BCUT2D eigenvalue weighted by molar-refractivity contribution is -0.115. The van der Waals surface area contributed by atoms with E-state index in [2.05, 4.69) is 5.32 Å². The molecule has 0 fully saturated rings. The fourth-order valence-electron chi connectivity index (χ4n) is 1.03. The maximum atomic E-state index is 11.2. The van der Waals surface area contributed by atoms with Crippen molar-refractivity contribution in [3.05, 3.63) is 24.3 Å². The predicted molar refractivity (Wildman–Crippen MR) is 63.5 cm³/mol. The summed E-state index contributed by atoms with van der Waals surface area (Å²) in [6, 6.07) is 5.91. The zero-order chi connectivity index (χ0) is 12.3. The summed E-state index contributed by atoms with van der Waals surface area (Å²) in [4.78, 5) is 11.4. The number of benzene rings is 1. The second kappa shape index (κ2) is 4.84. The maximum absolute atomic E-state index is 11.2. The average molecular weight is 262 g/mol. The number of alkyl halides is 1. The molecule has 0 bridgehead atoms. The van der Waals surface area contributed by atoms with Crippen LogP contribution in [0.25, 0.3) is 0 Å². The molecule has 0 heterocycles. The van der Waals surface area contributed by atoms with Gasteiger partial charge in [0.2, 0.25) is 5.91 Å². The molecule has 0 aliphatic carbocycles. The van der Waals surface area contributed by atoms with E-state index in [-0.39, 0.29) is 10.8 Å². The van der Waals surface area contributed by atoms with Gasteiger partial charge in [0.05, 0.1) is 4.90 Å². The molecule has 0 spiro atoms. The number of sulfone groups is 1. The van der Waals surface area contributed by atoms with Crippen molar-refractivity contribution in [2.24, 2.45) is 0 Å². The first kappa shape index (κ1) is 13.0. The predicted octanol–water partition coefficient (Wildman–Crippen LogP) is 1.66. The number of halogens is 1. The van der Waals surface area contributed by atoms with Gasteiger partial charge < -0.3 is 5.32 Å². The summed E-state index contributed by atoms with van der Waals surface area (Å²) in [6.07, 6.45) is 1.13. The standard InChI is InChI=1S/C10H12ClNO3S/c1-7(11)10(13)12-8-3-5-9(6-4-8)16(2,14)15/h3-7H,1-2H3,(H,12,13). The molecule has 1 amide bonds. The summed E-state index contributed by atoms with van der Waals surface area (Å²) in [6.45, 7) is 1.56. The number of carbonyl (C=O) groups excluding carboxylic acids is 1. The molecule has 88 valence electrons. The molecule has 1 atom stereocenters. The van der Waals surface area contributed by atoms with Crippen LogP contribution in [0.15, 0.2) is 29.2 Å². The van der Waals surface area contributed by atoms with Gasteiger partial charge in [-0.1, -0.05) is 0 Å². The summed E-state index contributed by atoms with van der Waals surface area (Å²) in [7, 11) is -3.20. The van der Waals surface area contributed by atoms with Crippen LogP contribution < -0.4 is 5.32 Å². The average Bonchev–Trinajstić information content (AvgIpc) is 2.17. The van der Waals surface area contributed by atoms with Crippen LogP contribution in [0.3, 0.4) is 0 Å². The normalized spacial score (nSPS) is 13.2. The Morgan fingerprint density at radius 1 is 1.31 bits per heavy atom. The van der Waals surface area contributed by atoms with Crippen LogP contribution in [0.4, 0.5) is 5.69 Å². The molecule has 0 radical (unpaired) electrons. The Morgan fingerprint density at radius 3 is 2.19 bits per heavy atom. The van der Waals surface area contributed by atoms with Crippen LogP contribution in [0.5, 0.6) is 0 Å². The Bertz CT molecular complexity index is 479. The molecular weight excluding hydrogens is 250 g/mol. The second-order valence-corrected chi connectivity index (χ2v) is 6.07. The minimum atomic E-state index is -3.20. The number of amides is 1. The fraction of sp³-hybridized carbons (Fsp3) is 0.300. The second-order valence-electron chi connectivity index (χ2n) is 3.40. The van der Waals surface area contributed by atoms with E-state index in [4.69, 9.17) is 11.6 Å². The van der Waals surface area contributed by atoms with E-state index in [9.17, 15) is 13.2 Å². The smallest absolute Gasteiger partial charge is 0.242 e. The minimum absolute atomic E-state index is 0.212. The van der Waals surface area contributed by atoms with Gasteiger partial charge in [0.15, 0.2) is 9.84 Å². The van der Waals surface area contributed by atoms with E-state index in [1.54, 1.807) is 6.92 Å². The van der Waals surface area contributed by atoms with E-state index < -0.39 is 15.2 Å². The Kier molecular flexibility index (Phi) is 3.93. The zero-order valence-corrected chi connectivity index (χ0v) is 10.5. The van der Waals surface area contributed by atoms with Gasteiger partial charge in [0.25, 0.3) is 0 Å². The molecular formula is C10H12ClNO3S. The third-order valence-corrected chi connectivity index (χ3v) is 3.24. The molecule has 6 heteroatoms. The van der Waals surface area contributed by atoms with Crippen LogP contribution in [0.1, 0.15) is 6.92 Å². The Morgan fingerprint density at radius 2 is 1.81 bits per heavy atom. The van der Waals surface area contributed by atoms with Crippen LogP contribution in [0.2, 0.25) is 0 Å². The number of hydrogen-bond acceptors (Lipinski definition) is 3. The highest BCUT2D eigenvalue weighted by Crippen LogP contribution is 2.14. The van der Waals surface area contributed by atoms with Crippen molar-refractivity contribution >= 4 is 33.0 Å². The number of nitrogens with one attached hydrogen (secondary N) is 1. The maximum Gasteiger partial charge on any atom is 0.242 e. The monoisotopic (exact) mass is 261 g/mol. The van der Waals surface area contributed by atoms with Gasteiger partial charge in [-0.15, -0.1) is 11.6 Å². The third kappa shape index (κ3) is 3.50. The first-order valence-electron chi connectivity index (χ1n) is 4.56. The van der Waals surface area contributed by atoms with Crippen molar-refractivity contribution in [3.8, 4) is 0 Å². The fourth-order valence-corrected chi connectivity index (χ4v) is 1.71. The van der Waals surface area contributed by atoms with Gasteiger partial charge in [0, 0.05) is 11.9 Å². The number of anilines is 1. The lowest BCUT2D eigenvalue weighted by Crippen LogP contribution is -2.20. The highest BCUT2D eigenvalue weighted by molar-refractivity contribution is 7.90. The molecule has 0 saturated carbocycles. The summed E-state index contributed by atoms with van der Waals surface area (Å²) < 4.78 is 22.3. The summed E-state index contributed by atoms with van der Waals surface area (Å²) in [5.41, 5.74) is 0.518. The lowest BCUT2D eigenvalue weighted by atomic mass is 10.3. The molecule has 0 aliphatic heterocycles. The van der Waals surface area contributed by atoms with Crippen molar-refractivity contribution in [1.82, 2.24) is 0 Å². The van der Waals surface area contributed by atoms with Crippen molar-refractivity contribution in [2.45, 2.75) is 17.2 Å². The SMILES string of the molecule is CC(Cl)C(=O)Nc1ccc(S(C)(=O)=O)cc1. The van der Waals surface area contributed by atoms with Gasteiger partial charge in [-0.3, -0.25) is 4.79 Å². The molecule has 16 heavy (non-hydrogen) atoms. The van der Waals surface area contributed by atoms with E-state index in [0.29, 0.717) is 5.69 Å². The molecule has 4 nitrogen and oxygen atoms in total. The van der Waals surface area contributed by atoms with Crippen molar-refractivity contribution in [1.29, 1.82) is 0 Å². The molecule has 0 aromatic heterocycles. The van der Waals surface area contributed by atoms with Crippen LogP contribution in [-0.2, 0) is 14.6 Å². The van der Waals surface area contributed by atoms with E-state index in [0.717, 1.165) is 6.26 Å². The van der Waals surface area contributed by atoms with Gasteiger partial charge in [0.1, 0.15) is 5.38 Å². The molecule has 1 aromatic rings. The summed E-state index contributed by atoms with van der Waals surface area (Å²) in [5, 5.41) is 1.92. The molecule has 0 saturated heterocycles. The van der Waals surface area contributed by atoms with E-state index in [1.165, 1.54) is 24.3 Å². The summed E-state index contributed by atoms with van der Waals surface area (Å²) >= 11 is 5.57. The molecule has 1 rings (SSSR count). The Balaban J connectivity index is 2.84. The minimum Gasteiger partial charge on any atom is -0.325 e. The summed E-state index contributed by atoms with van der Waals surface area (Å²) in [5.74, 6) is -0.325. The quantitative estimate of drug-likeness (QED) is 0.842. The van der Waals surface area contributed by atoms with Crippen LogP contribution in [0, 0.1) is 0 Å². The van der Waals surface area contributed by atoms with Gasteiger partial charge in [-0.2, -0.15) is 0 Å². The van der Waals surface area contributed by atoms with Crippen molar-refractivity contribution < 1.29 is 13.2 Å². The highest BCUT2D eigenvalue weighted by Gasteiger charge is 2.10. The Labute approximate surface area is 99.5 Å². The zero-order valence-electron chi connectivity index (χ0n) is 8.90. The first-order valence-corrected chi connectivity index (χ1v) is 6.88. The highest BCUT2D eigenvalue weighted by atomic mass is 35.5.